The molecule has 0 fully saturated rings. The number of hydrogen-bond donors (Lipinski definition) is 2. The number of para-hydroxylation sites is 1. The van der Waals surface area contributed by atoms with E-state index in [0.717, 1.165) is 16.8 Å². The molecule has 20 heavy (non-hydrogen) atoms. The normalized spacial score (nSPS) is 11.3. The quantitative estimate of drug-likeness (QED) is 0.623. The van der Waals surface area contributed by atoms with Crippen molar-refractivity contribution >= 4 is 17.7 Å². The molecular formula is C16H15N3O. The van der Waals surface area contributed by atoms with E-state index in [0.29, 0.717) is 6.41 Å². The summed E-state index contributed by atoms with van der Waals surface area (Å²) >= 11 is 0. The molecule has 2 rings (SSSR count). The zero-order chi connectivity index (χ0) is 14.0. The predicted molar refractivity (Wildman–Crippen MR) is 80.6 cm³/mol. The third kappa shape index (κ3) is 4.10. The second kappa shape index (κ2) is 7.53. The molecule has 0 aliphatic carbocycles. The third-order valence-electron chi connectivity index (χ3n) is 2.61. The molecule has 1 heterocycles. The maximum absolute atomic E-state index is 10.4. The molecule has 4 nitrogen and oxygen atoms in total. The number of nitrogens with one attached hydrogen (secondary N) is 2. The summed E-state index contributed by atoms with van der Waals surface area (Å²) in [5, 5.41) is 5.72. The number of amides is 1. The van der Waals surface area contributed by atoms with Gasteiger partial charge >= 0.3 is 0 Å². The van der Waals surface area contributed by atoms with Crippen LogP contribution in [-0.2, 0) is 4.79 Å². The molecule has 1 aromatic heterocycles. The van der Waals surface area contributed by atoms with Gasteiger partial charge in [0.1, 0.15) is 0 Å². The number of aromatic nitrogens is 1. The maximum Gasteiger partial charge on any atom is 0.211 e. The molecular weight excluding hydrogens is 250 g/mol. The lowest BCUT2D eigenvalue weighted by molar-refractivity contribution is -0.108. The molecule has 4 heteroatoms. The van der Waals surface area contributed by atoms with Crippen molar-refractivity contribution in [1.29, 1.82) is 0 Å². The molecule has 1 amide bonds. The molecule has 0 unspecified atom stereocenters. The van der Waals surface area contributed by atoms with E-state index in [1.165, 1.54) is 0 Å². The van der Waals surface area contributed by atoms with Crippen LogP contribution in [-0.4, -0.2) is 11.4 Å². The molecule has 100 valence electrons. The standard InChI is InChI=1S/C16H15N3O/c20-13-18-12-15(14-6-9-17-10-7-14)8-11-19-16-4-2-1-3-5-16/h1-13,19H,(H,18,20)/b11-8+,15-12+. The molecule has 0 atom stereocenters. The van der Waals surface area contributed by atoms with Crippen LogP contribution >= 0.6 is 0 Å². The Morgan fingerprint density at radius 1 is 1.05 bits per heavy atom. The third-order valence-corrected chi connectivity index (χ3v) is 2.61. The summed E-state index contributed by atoms with van der Waals surface area (Å²) in [7, 11) is 0. The van der Waals surface area contributed by atoms with Crippen molar-refractivity contribution in [3.63, 3.8) is 0 Å². The molecule has 0 aliphatic rings. The highest BCUT2D eigenvalue weighted by atomic mass is 16.1. The minimum absolute atomic E-state index is 0.639. The van der Waals surface area contributed by atoms with Gasteiger partial charge in [-0.05, 0) is 41.5 Å². The molecule has 0 aliphatic heterocycles. The van der Waals surface area contributed by atoms with E-state index in [-0.39, 0.29) is 0 Å². The van der Waals surface area contributed by atoms with Crippen molar-refractivity contribution < 1.29 is 4.79 Å². The highest BCUT2D eigenvalue weighted by Gasteiger charge is 1.96. The van der Waals surface area contributed by atoms with Crippen LogP contribution in [0.4, 0.5) is 5.69 Å². The Labute approximate surface area is 117 Å². The summed E-state index contributed by atoms with van der Waals surface area (Å²) < 4.78 is 0. The van der Waals surface area contributed by atoms with Crippen molar-refractivity contribution in [2.24, 2.45) is 0 Å². The Morgan fingerprint density at radius 2 is 1.80 bits per heavy atom. The molecule has 0 radical (unpaired) electrons. The lowest BCUT2D eigenvalue weighted by atomic mass is 10.1. The topological polar surface area (TPSA) is 54.0 Å². The first-order valence-electron chi connectivity index (χ1n) is 6.18. The Bertz CT molecular complexity index is 592. The van der Waals surface area contributed by atoms with Crippen LogP contribution in [0.25, 0.3) is 5.57 Å². The number of allylic oxidation sites excluding steroid dienone is 2. The van der Waals surface area contributed by atoms with Gasteiger partial charge in [0.25, 0.3) is 0 Å². The zero-order valence-electron chi connectivity index (χ0n) is 10.9. The van der Waals surface area contributed by atoms with Gasteiger partial charge < -0.3 is 10.6 Å². The van der Waals surface area contributed by atoms with E-state index in [4.69, 9.17) is 0 Å². The number of carbonyl (C=O) groups excluding carboxylic acids is 1. The minimum atomic E-state index is 0.639. The number of benzene rings is 1. The number of nitrogens with zero attached hydrogens (tertiary/aromatic N) is 1. The summed E-state index contributed by atoms with van der Waals surface area (Å²) in [5.74, 6) is 0. The average Bonchev–Trinajstić information content (AvgIpc) is 2.52. The fourth-order valence-corrected chi connectivity index (χ4v) is 1.66. The first-order chi connectivity index (χ1) is 9.90. The van der Waals surface area contributed by atoms with Gasteiger partial charge in [-0.15, -0.1) is 0 Å². The summed E-state index contributed by atoms with van der Waals surface area (Å²) in [5.41, 5.74) is 2.85. The fraction of sp³-hybridized carbons (Fsp3) is 0. The van der Waals surface area contributed by atoms with Crippen molar-refractivity contribution in [3.05, 3.63) is 78.9 Å². The SMILES string of the molecule is O=CN/C=C(\C=C\Nc1ccccc1)c1ccncc1. The molecule has 0 spiro atoms. The highest BCUT2D eigenvalue weighted by Crippen LogP contribution is 2.14. The van der Waals surface area contributed by atoms with E-state index in [2.05, 4.69) is 15.6 Å². The monoisotopic (exact) mass is 265 g/mol. The molecule has 0 saturated carbocycles. The van der Waals surface area contributed by atoms with Crippen LogP contribution < -0.4 is 10.6 Å². The van der Waals surface area contributed by atoms with E-state index >= 15 is 0 Å². The summed E-state index contributed by atoms with van der Waals surface area (Å²) in [6.07, 6.45) is 9.42. The number of carbonyl (C=O) groups is 1. The Morgan fingerprint density at radius 3 is 2.50 bits per heavy atom. The van der Waals surface area contributed by atoms with E-state index < -0.39 is 0 Å². The van der Waals surface area contributed by atoms with Gasteiger partial charge in [0, 0.05) is 30.5 Å². The van der Waals surface area contributed by atoms with E-state index in [1.807, 2.05) is 54.7 Å². The minimum Gasteiger partial charge on any atom is -0.362 e. The van der Waals surface area contributed by atoms with Crippen molar-refractivity contribution in [1.82, 2.24) is 10.3 Å². The summed E-state index contributed by atoms with van der Waals surface area (Å²) in [4.78, 5) is 14.4. The molecule has 2 aromatic rings. The molecule has 0 saturated heterocycles. The van der Waals surface area contributed by atoms with Gasteiger partial charge in [0.05, 0.1) is 0 Å². The Hall–Kier alpha value is -2.88. The lowest BCUT2D eigenvalue weighted by Crippen LogP contribution is -2.01. The van der Waals surface area contributed by atoms with Gasteiger partial charge in [0.2, 0.25) is 6.41 Å². The van der Waals surface area contributed by atoms with Crippen LogP contribution in [0.3, 0.4) is 0 Å². The van der Waals surface area contributed by atoms with Crippen LogP contribution in [0.5, 0.6) is 0 Å². The number of anilines is 1. The van der Waals surface area contributed by atoms with Gasteiger partial charge in [-0.3, -0.25) is 9.78 Å². The first kappa shape index (κ1) is 13.5. The van der Waals surface area contributed by atoms with Crippen LogP contribution in [0.2, 0.25) is 0 Å². The predicted octanol–water partition coefficient (Wildman–Crippen LogP) is 2.79. The largest absolute Gasteiger partial charge is 0.362 e. The molecule has 0 bridgehead atoms. The van der Waals surface area contributed by atoms with Crippen molar-refractivity contribution in [2.45, 2.75) is 0 Å². The Balaban J connectivity index is 2.10. The number of pyridine rings is 1. The van der Waals surface area contributed by atoms with Gasteiger partial charge in [-0.1, -0.05) is 18.2 Å². The second-order valence-electron chi connectivity index (χ2n) is 3.96. The molecule has 2 N–H and O–H groups in total. The van der Waals surface area contributed by atoms with Gasteiger partial charge in [-0.2, -0.15) is 0 Å². The second-order valence-corrected chi connectivity index (χ2v) is 3.96. The Kier molecular flexibility index (Phi) is 5.10. The maximum atomic E-state index is 10.4. The van der Waals surface area contributed by atoms with Crippen molar-refractivity contribution in [2.75, 3.05) is 5.32 Å². The van der Waals surface area contributed by atoms with E-state index in [1.54, 1.807) is 18.6 Å². The van der Waals surface area contributed by atoms with Crippen LogP contribution in [0, 0.1) is 0 Å². The van der Waals surface area contributed by atoms with Gasteiger partial charge in [0.15, 0.2) is 0 Å². The fourth-order valence-electron chi connectivity index (χ4n) is 1.66. The van der Waals surface area contributed by atoms with Crippen molar-refractivity contribution in [3.8, 4) is 0 Å². The molecule has 1 aromatic carbocycles. The van der Waals surface area contributed by atoms with Crippen LogP contribution in [0.1, 0.15) is 5.56 Å². The summed E-state index contributed by atoms with van der Waals surface area (Å²) in [6, 6.07) is 13.6. The number of rotatable bonds is 6. The van der Waals surface area contributed by atoms with Crippen LogP contribution in [0.15, 0.2) is 73.3 Å². The van der Waals surface area contributed by atoms with E-state index in [9.17, 15) is 4.79 Å². The smallest absolute Gasteiger partial charge is 0.211 e. The number of hydrogen-bond acceptors (Lipinski definition) is 3. The zero-order valence-corrected chi connectivity index (χ0v) is 10.9. The lowest BCUT2D eigenvalue weighted by Gasteiger charge is -2.03. The summed E-state index contributed by atoms with van der Waals surface area (Å²) in [6.45, 7) is 0. The average molecular weight is 265 g/mol. The van der Waals surface area contributed by atoms with Gasteiger partial charge in [-0.25, -0.2) is 0 Å². The highest BCUT2D eigenvalue weighted by molar-refractivity contribution is 5.75. The first-order valence-corrected chi connectivity index (χ1v) is 6.18.